The quantitative estimate of drug-likeness (QED) is 0.413. The van der Waals surface area contributed by atoms with Crippen LogP contribution in [0.2, 0.25) is 0 Å². The van der Waals surface area contributed by atoms with Crippen molar-refractivity contribution in [3.05, 3.63) is 47.5 Å². The zero-order chi connectivity index (χ0) is 16.3. The largest absolute Gasteiger partial charge is 0.0730 e. The molecule has 2 rings (SSSR count). The first-order valence-electron chi connectivity index (χ1n) is 9.59. The van der Waals surface area contributed by atoms with Crippen molar-refractivity contribution in [3.63, 3.8) is 0 Å². The van der Waals surface area contributed by atoms with Crippen molar-refractivity contribution >= 4 is 0 Å². The van der Waals surface area contributed by atoms with Gasteiger partial charge in [-0.05, 0) is 67.7 Å². The summed E-state index contributed by atoms with van der Waals surface area (Å²) in [6.07, 6.45) is 16.7. The average Bonchev–Trinajstić information content (AvgIpc) is 2.61. The molecule has 0 aliphatic heterocycles. The van der Waals surface area contributed by atoms with Crippen molar-refractivity contribution in [2.75, 3.05) is 0 Å². The second-order valence-electron chi connectivity index (χ2n) is 6.96. The highest BCUT2D eigenvalue weighted by atomic mass is 14.2. The van der Waals surface area contributed by atoms with Gasteiger partial charge in [-0.15, -0.1) is 0 Å². The SMILES string of the molecule is CCCCCC1CCC(/C=C/C#Cc2ccc(CC)cc2)CC1. The van der Waals surface area contributed by atoms with E-state index in [1.165, 1.54) is 56.9 Å². The number of unbranched alkanes of at least 4 members (excludes halogenated alkanes) is 2. The third-order valence-electron chi connectivity index (χ3n) is 5.14. The van der Waals surface area contributed by atoms with Crippen LogP contribution >= 0.6 is 0 Å². The lowest BCUT2D eigenvalue weighted by atomic mass is 9.79. The predicted octanol–water partition coefficient (Wildman–Crippen LogP) is 6.54. The molecule has 0 radical (unpaired) electrons. The van der Waals surface area contributed by atoms with E-state index in [-0.39, 0.29) is 0 Å². The monoisotopic (exact) mass is 308 g/mol. The Kier molecular flexibility index (Phi) is 8.02. The molecule has 0 atom stereocenters. The van der Waals surface area contributed by atoms with Gasteiger partial charge in [0.05, 0.1) is 0 Å². The van der Waals surface area contributed by atoms with Gasteiger partial charge in [-0.25, -0.2) is 0 Å². The molecule has 0 unspecified atom stereocenters. The summed E-state index contributed by atoms with van der Waals surface area (Å²) in [6.45, 7) is 4.48. The molecule has 0 heterocycles. The topological polar surface area (TPSA) is 0 Å². The summed E-state index contributed by atoms with van der Waals surface area (Å²) in [6, 6.07) is 8.60. The molecule has 0 spiro atoms. The molecular formula is C23H32. The molecule has 0 bridgehead atoms. The standard InChI is InChI=1S/C23H32/c1-3-5-6-9-21-16-18-23(19-17-21)11-8-7-10-22-14-12-20(4-2)13-15-22/h8,11-15,21,23H,3-6,9,16-19H2,1-2H3/b11-8+. The highest BCUT2D eigenvalue weighted by molar-refractivity contribution is 5.38. The van der Waals surface area contributed by atoms with E-state index in [1.807, 2.05) is 0 Å². The average molecular weight is 309 g/mol. The highest BCUT2D eigenvalue weighted by Crippen LogP contribution is 2.32. The number of hydrogen-bond acceptors (Lipinski definition) is 0. The molecule has 1 aliphatic rings. The van der Waals surface area contributed by atoms with Crippen LogP contribution in [0, 0.1) is 23.7 Å². The summed E-state index contributed by atoms with van der Waals surface area (Å²) in [7, 11) is 0. The van der Waals surface area contributed by atoms with Crippen LogP contribution in [-0.2, 0) is 6.42 Å². The molecule has 0 nitrogen and oxygen atoms in total. The molecule has 23 heavy (non-hydrogen) atoms. The fraction of sp³-hybridized carbons (Fsp3) is 0.565. The van der Waals surface area contributed by atoms with Gasteiger partial charge in [0, 0.05) is 5.56 Å². The van der Waals surface area contributed by atoms with Gasteiger partial charge in [-0.1, -0.05) is 69.6 Å². The maximum atomic E-state index is 3.24. The van der Waals surface area contributed by atoms with Crippen molar-refractivity contribution in [2.24, 2.45) is 11.8 Å². The van der Waals surface area contributed by atoms with Crippen LogP contribution in [-0.4, -0.2) is 0 Å². The molecule has 1 aliphatic carbocycles. The van der Waals surface area contributed by atoms with Crippen LogP contribution in [0.15, 0.2) is 36.4 Å². The lowest BCUT2D eigenvalue weighted by Gasteiger charge is -2.26. The molecule has 0 aromatic heterocycles. The number of aryl methyl sites for hydroxylation is 1. The first kappa shape index (κ1) is 17.9. The number of hydrogen-bond donors (Lipinski definition) is 0. The van der Waals surface area contributed by atoms with Crippen molar-refractivity contribution in [2.45, 2.75) is 71.6 Å². The van der Waals surface area contributed by atoms with E-state index < -0.39 is 0 Å². The molecule has 1 fully saturated rings. The maximum Gasteiger partial charge on any atom is 0.0249 e. The summed E-state index contributed by atoms with van der Waals surface area (Å²) in [4.78, 5) is 0. The van der Waals surface area contributed by atoms with E-state index in [1.54, 1.807) is 0 Å². The molecule has 0 amide bonds. The minimum atomic E-state index is 0.759. The minimum absolute atomic E-state index is 0.759. The Labute approximate surface area is 143 Å². The Hall–Kier alpha value is -1.48. The van der Waals surface area contributed by atoms with Gasteiger partial charge >= 0.3 is 0 Å². The first-order chi connectivity index (χ1) is 11.3. The van der Waals surface area contributed by atoms with Gasteiger partial charge in [0.1, 0.15) is 0 Å². The molecule has 1 aromatic rings. The van der Waals surface area contributed by atoms with E-state index >= 15 is 0 Å². The van der Waals surface area contributed by atoms with Crippen LogP contribution in [0.25, 0.3) is 0 Å². The van der Waals surface area contributed by atoms with E-state index in [2.05, 4.69) is 62.1 Å². The lowest BCUT2D eigenvalue weighted by Crippen LogP contribution is -2.12. The van der Waals surface area contributed by atoms with Crippen LogP contribution in [0.4, 0.5) is 0 Å². The van der Waals surface area contributed by atoms with E-state index in [4.69, 9.17) is 0 Å². The number of benzene rings is 1. The Bertz CT molecular complexity index is 515. The summed E-state index contributed by atoms with van der Waals surface area (Å²) in [5, 5.41) is 0. The van der Waals surface area contributed by atoms with Gasteiger partial charge in [0.25, 0.3) is 0 Å². The molecule has 1 aromatic carbocycles. The molecule has 124 valence electrons. The summed E-state index contributed by atoms with van der Waals surface area (Å²) in [5.41, 5.74) is 2.49. The van der Waals surface area contributed by atoms with Crippen molar-refractivity contribution in [1.29, 1.82) is 0 Å². The van der Waals surface area contributed by atoms with Crippen LogP contribution in [0.5, 0.6) is 0 Å². The maximum absolute atomic E-state index is 3.24. The molecular weight excluding hydrogens is 276 g/mol. The van der Waals surface area contributed by atoms with Crippen molar-refractivity contribution in [3.8, 4) is 11.8 Å². The Morgan fingerprint density at radius 2 is 1.74 bits per heavy atom. The number of allylic oxidation sites excluding steroid dienone is 2. The predicted molar refractivity (Wildman–Crippen MR) is 101 cm³/mol. The van der Waals surface area contributed by atoms with Crippen LogP contribution in [0.1, 0.15) is 76.3 Å². The van der Waals surface area contributed by atoms with Crippen molar-refractivity contribution in [1.82, 2.24) is 0 Å². The third kappa shape index (κ3) is 6.66. The highest BCUT2D eigenvalue weighted by Gasteiger charge is 2.18. The summed E-state index contributed by atoms with van der Waals surface area (Å²) < 4.78 is 0. The van der Waals surface area contributed by atoms with E-state index in [9.17, 15) is 0 Å². The summed E-state index contributed by atoms with van der Waals surface area (Å²) in [5.74, 6) is 8.20. The van der Waals surface area contributed by atoms with Gasteiger partial charge in [0.2, 0.25) is 0 Å². The van der Waals surface area contributed by atoms with Crippen molar-refractivity contribution < 1.29 is 0 Å². The summed E-state index contributed by atoms with van der Waals surface area (Å²) >= 11 is 0. The minimum Gasteiger partial charge on any atom is -0.0730 e. The molecule has 0 saturated heterocycles. The second-order valence-corrected chi connectivity index (χ2v) is 6.96. The fourth-order valence-electron chi connectivity index (χ4n) is 3.49. The Morgan fingerprint density at radius 1 is 1.00 bits per heavy atom. The van der Waals surface area contributed by atoms with Crippen LogP contribution < -0.4 is 0 Å². The Morgan fingerprint density at radius 3 is 2.39 bits per heavy atom. The normalized spacial score (nSPS) is 21.1. The first-order valence-corrected chi connectivity index (χ1v) is 9.59. The zero-order valence-corrected chi connectivity index (χ0v) is 15.0. The Balaban J connectivity index is 1.71. The molecule has 0 N–H and O–H groups in total. The van der Waals surface area contributed by atoms with Gasteiger partial charge in [0.15, 0.2) is 0 Å². The van der Waals surface area contributed by atoms with Gasteiger partial charge in [-0.2, -0.15) is 0 Å². The zero-order valence-electron chi connectivity index (χ0n) is 15.0. The second kappa shape index (κ2) is 10.3. The fourth-order valence-corrected chi connectivity index (χ4v) is 3.49. The van der Waals surface area contributed by atoms with Gasteiger partial charge in [-0.3, -0.25) is 0 Å². The van der Waals surface area contributed by atoms with E-state index in [0.717, 1.165) is 23.8 Å². The van der Waals surface area contributed by atoms with Gasteiger partial charge < -0.3 is 0 Å². The molecule has 0 heteroatoms. The molecule has 1 saturated carbocycles. The number of rotatable bonds is 6. The lowest BCUT2D eigenvalue weighted by molar-refractivity contribution is 0.289. The smallest absolute Gasteiger partial charge is 0.0249 e. The van der Waals surface area contributed by atoms with E-state index in [0.29, 0.717) is 0 Å². The van der Waals surface area contributed by atoms with Crippen LogP contribution in [0.3, 0.4) is 0 Å². The third-order valence-corrected chi connectivity index (χ3v) is 5.14.